The van der Waals surface area contributed by atoms with Gasteiger partial charge in [0.2, 0.25) is 0 Å². The Balaban J connectivity index is 1.47. The molecule has 6 nitrogen and oxygen atoms in total. The fraction of sp³-hybridized carbons (Fsp3) is 0.360. The highest BCUT2D eigenvalue weighted by atomic mass is 16.5. The second kappa shape index (κ2) is 8.84. The van der Waals surface area contributed by atoms with E-state index < -0.39 is 0 Å². The molecule has 0 radical (unpaired) electrons. The van der Waals surface area contributed by atoms with Crippen LogP contribution in [0, 0.1) is 13.8 Å². The molecule has 0 unspecified atom stereocenters. The number of hydrogen-bond acceptors (Lipinski definition) is 4. The van der Waals surface area contributed by atoms with E-state index >= 15 is 0 Å². The minimum absolute atomic E-state index is 0.0304. The summed E-state index contributed by atoms with van der Waals surface area (Å²) in [5.74, 6) is 0.928. The van der Waals surface area contributed by atoms with Gasteiger partial charge in [-0.15, -0.1) is 0 Å². The molecule has 1 aliphatic heterocycles. The first-order chi connectivity index (χ1) is 15.0. The molecule has 162 valence electrons. The van der Waals surface area contributed by atoms with Gasteiger partial charge >= 0.3 is 0 Å². The van der Waals surface area contributed by atoms with Crippen molar-refractivity contribution < 1.29 is 9.53 Å². The third kappa shape index (κ3) is 4.29. The molecule has 1 aliphatic rings. The molecule has 0 atom stereocenters. The van der Waals surface area contributed by atoms with Crippen molar-refractivity contribution in [3.8, 4) is 17.0 Å². The molecular formula is C25H30N4O2. The fourth-order valence-corrected chi connectivity index (χ4v) is 4.02. The van der Waals surface area contributed by atoms with Crippen LogP contribution in [0.3, 0.4) is 0 Å². The second-order valence-corrected chi connectivity index (χ2v) is 8.02. The maximum atomic E-state index is 13.2. The van der Waals surface area contributed by atoms with Gasteiger partial charge in [-0.1, -0.05) is 24.3 Å². The summed E-state index contributed by atoms with van der Waals surface area (Å²) >= 11 is 0. The summed E-state index contributed by atoms with van der Waals surface area (Å²) < 4.78 is 7.47. The van der Waals surface area contributed by atoms with Crippen LogP contribution in [-0.4, -0.2) is 53.4 Å². The standard InChI is InChI=1S/C25H30N4O2/c1-5-31-24-9-7-6-8-22(24)28-12-14-29(15-13-28)25(30)23-17-21(26-27(23)4)20-11-10-18(2)19(3)16-20/h6-11,16-17H,5,12-15H2,1-4H3. The summed E-state index contributed by atoms with van der Waals surface area (Å²) in [5, 5.41) is 4.60. The van der Waals surface area contributed by atoms with Crippen molar-refractivity contribution in [2.75, 3.05) is 37.7 Å². The van der Waals surface area contributed by atoms with Crippen molar-refractivity contribution >= 4 is 11.6 Å². The third-order valence-electron chi connectivity index (χ3n) is 5.97. The second-order valence-electron chi connectivity index (χ2n) is 8.02. The first-order valence-corrected chi connectivity index (χ1v) is 10.9. The Morgan fingerprint density at radius 3 is 2.45 bits per heavy atom. The summed E-state index contributed by atoms with van der Waals surface area (Å²) in [6.45, 7) is 9.71. The summed E-state index contributed by atoms with van der Waals surface area (Å²) in [6.07, 6.45) is 0. The highest BCUT2D eigenvalue weighted by Crippen LogP contribution is 2.29. The first-order valence-electron chi connectivity index (χ1n) is 10.9. The number of carbonyl (C=O) groups excluding carboxylic acids is 1. The van der Waals surface area contributed by atoms with Crippen LogP contribution >= 0.6 is 0 Å². The number of carbonyl (C=O) groups is 1. The van der Waals surface area contributed by atoms with Gasteiger partial charge < -0.3 is 14.5 Å². The minimum atomic E-state index is 0.0304. The molecule has 0 bridgehead atoms. The van der Waals surface area contributed by atoms with Crippen LogP contribution in [0.5, 0.6) is 5.75 Å². The van der Waals surface area contributed by atoms with Gasteiger partial charge in [0.1, 0.15) is 11.4 Å². The van der Waals surface area contributed by atoms with E-state index in [0.717, 1.165) is 35.8 Å². The van der Waals surface area contributed by atoms with E-state index in [-0.39, 0.29) is 5.91 Å². The average molecular weight is 419 g/mol. The summed E-state index contributed by atoms with van der Waals surface area (Å²) in [5.41, 5.74) is 6.05. The summed E-state index contributed by atoms with van der Waals surface area (Å²) in [6, 6.07) is 16.3. The lowest BCUT2D eigenvalue weighted by Gasteiger charge is -2.36. The highest BCUT2D eigenvalue weighted by Gasteiger charge is 2.26. The molecule has 3 aromatic rings. The predicted octanol–water partition coefficient (Wildman–Crippen LogP) is 4.07. The Hall–Kier alpha value is -3.28. The number of ether oxygens (including phenoxy) is 1. The Bertz CT molecular complexity index is 1080. The smallest absolute Gasteiger partial charge is 0.272 e. The SMILES string of the molecule is CCOc1ccccc1N1CCN(C(=O)c2cc(-c3ccc(C)c(C)c3)nn2C)CC1. The van der Waals surface area contributed by atoms with Crippen LogP contribution < -0.4 is 9.64 Å². The number of aryl methyl sites for hydroxylation is 3. The topological polar surface area (TPSA) is 50.6 Å². The lowest BCUT2D eigenvalue weighted by atomic mass is 10.0. The molecule has 4 rings (SSSR count). The van der Waals surface area contributed by atoms with Crippen molar-refractivity contribution in [2.24, 2.45) is 7.05 Å². The van der Waals surface area contributed by atoms with E-state index in [0.29, 0.717) is 25.4 Å². The molecule has 0 aliphatic carbocycles. The highest BCUT2D eigenvalue weighted by molar-refractivity contribution is 5.94. The third-order valence-corrected chi connectivity index (χ3v) is 5.97. The molecule has 2 aromatic carbocycles. The molecule has 0 spiro atoms. The van der Waals surface area contributed by atoms with E-state index in [2.05, 4.69) is 48.1 Å². The fourth-order valence-electron chi connectivity index (χ4n) is 4.02. The van der Waals surface area contributed by atoms with E-state index in [1.165, 1.54) is 11.1 Å². The number of benzene rings is 2. The Labute approximate surface area is 184 Å². The normalized spacial score (nSPS) is 14.1. The molecule has 31 heavy (non-hydrogen) atoms. The number of hydrogen-bond donors (Lipinski definition) is 0. The van der Waals surface area contributed by atoms with Crippen LogP contribution in [0.2, 0.25) is 0 Å². The van der Waals surface area contributed by atoms with Gasteiger partial charge in [0.25, 0.3) is 5.91 Å². The number of nitrogens with zero attached hydrogens (tertiary/aromatic N) is 4. The van der Waals surface area contributed by atoms with Crippen molar-refractivity contribution in [1.29, 1.82) is 0 Å². The predicted molar refractivity (Wildman–Crippen MR) is 124 cm³/mol. The monoisotopic (exact) mass is 418 g/mol. The van der Waals surface area contributed by atoms with Gasteiger partial charge in [0.05, 0.1) is 18.0 Å². The summed E-state index contributed by atoms with van der Waals surface area (Å²) in [4.78, 5) is 17.4. The Kier molecular flexibility index (Phi) is 5.98. The Morgan fingerprint density at radius 2 is 1.74 bits per heavy atom. The van der Waals surface area contributed by atoms with Gasteiger partial charge in [-0.2, -0.15) is 5.10 Å². The van der Waals surface area contributed by atoms with E-state index in [1.807, 2.05) is 43.1 Å². The Morgan fingerprint density at radius 1 is 1.00 bits per heavy atom. The maximum absolute atomic E-state index is 13.2. The van der Waals surface area contributed by atoms with Crippen molar-refractivity contribution in [1.82, 2.24) is 14.7 Å². The lowest BCUT2D eigenvalue weighted by Crippen LogP contribution is -2.49. The van der Waals surface area contributed by atoms with Crippen LogP contribution in [0.15, 0.2) is 48.5 Å². The zero-order valence-electron chi connectivity index (χ0n) is 18.8. The number of para-hydroxylation sites is 2. The number of amides is 1. The van der Waals surface area contributed by atoms with Crippen LogP contribution in [0.25, 0.3) is 11.3 Å². The number of aromatic nitrogens is 2. The minimum Gasteiger partial charge on any atom is -0.492 e. The maximum Gasteiger partial charge on any atom is 0.272 e. The number of anilines is 1. The molecule has 6 heteroatoms. The van der Waals surface area contributed by atoms with Crippen LogP contribution in [0.1, 0.15) is 28.5 Å². The molecule has 0 saturated carbocycles. The van der Waals surface area contributed by atoms with Crippen LogP contribution in [-0.2, 0) is 7.05 Å². The molecule has 1 amide bonds. The quantitative estimate of drug-likeness (QED) is 0.627. The van der Waals surface area contributed by atoms with Crippen molar-refractivity contribution in [3.63, 3.8) is 0 Å². The van der Waals surface area contributed by atoms with Gasteiger partial charge in [-0.3, -0.25) is 9.48 Å². The van der Waals surface area contributed by atoms with Gasteiger partial charge in [0, 0.05) is 38.8 Å². The zero-order valence-corrected chi connectivity index (χ0v) is 18.8. The zero-order chi connectivity index (χ0) is 22.0. The molecular weight excluding hydrogens is 388 g/mol. The summed E-state index contributed by atoms with van der Waals surface area (Å²) in [7, 11) is 1.84. The first kappa shape index (κ1) is 21.0. The molecule has 1 fully saturated rings. The largest absolute Gasteiger partial charge is 0.492 e. The molecule has 0 N–H and O–H groups in total. The van der Waals surface area contributed by atoms with E-state index in [9.17, 15) is 4.79 Å². The molecule has 2 heterocycles. The average Bonchev–Trinajstić information content (AvgIpc) is 3.17. The van der Waals surface area contributed by atoms with Gasteiger partial charge in [-0.25, -0.2) is 0 Å². The van der Waals surface area contributed by atoms with E-state index in [4.69, 9.17) is 4.74 Å². The lowest BCUT2D eigenvalue weighted by molar-refractivity contribution is 0.0735. The van der Waals surface area contributed by atoms with Crippen molar-refractivity contribution in [3.05, 3.63) is 65.4 Å². The number of piperazine rings is 1. The molecule has 1 saturated heterocycles. The van der Waals surface area contributed by atoms with Crippen LogP contribution in [0.4, 0.5) is 5.69 Å². The van der Waals surface area contributed by atoms with Gasteiger partial charge in [0.15, 0.2) is 0 Å². The van der Waals surface area contributed by atoms with E-state index in [1.54, 1.807) is 4.68 Å². The molecule has 1 aromatic heterocycles. The number of rotatable bonds is 5. The van der Waals surface area contributed by atoms with Gasteiger partial charge in [-0.05, 0) is 56.2 Å². The van der Waals surface area contributed by atoms with Crippen molar-refractivity contribution in [2.45, 2.75) is 20.8 Å².